The number of amides is 2. The molecule has 0 saturated heterocycles. The molecule has 0 unspecified atom stereocenters. The SMILES string of the molecule is CCCCC(CCCC)(CC(=O)N(CC)CC[N+](C)(C)[O-])c1ccccc1.CCCCC(CCCC)(CC(=O)N(CC)CC[NH+](C)C)c1ccccc1. The summed E-state index contributed by atoms with van der Waals surface area (Å²) in [5.41, 5.74) is 2.53. The van der Waals surface area contributed by atoms with Gasteiger partial charge in [-0.3, -0.25) is 9.59 Å². The van der Waals surface area contributed by atoms with Crippen molar-refractivity contribution in [1.29, 1.82) is 0 Å². The third-order valence-corrected chi connectivity index (χ3v) is 11.0. The van der Waals surface area contributed by atoms with Gasteiger partial charge in [0.1, 0.15) is 0 Å². The Labute approximate surface area is 326 Å². The van der Waals surface area contributed by atoms with Crippen molar-refractivity contribution in [2.24, 2.45) is 0 Å². The molecule has 0 saturated carbocycles. The summed E-state index contributed by atoms with van der Waals surface area (Å²) >= 11 is 0. The van der Waals surface area contributed by atoms with Gasteiger partial charge in [0.15, 0.2) is 0 Å². The van der Waals surface area contributed by atoms with Crippen molar-refractivity contribution in [3.8, 4) is 0 Å². The van der Waals surface area contributed by atoms with Gasteiger partial charge < -0.3 is 24.6 Å². The predicted molar refractivity (Wildman–Crippen MR) is 226 cm³/mol. The second-order valence-electron chi connectivity index (χ2n) is 16.3. The van der Waals surface area contributed by atoms with Crippen molar-refractivity contribution < 1.29 is 19.1 Å². The van der Waals surface area contributed by atoms with Gasteiger partial charge in [-0.05, 0) is 50.7 Å². The van der Waals surface area contributed by atoms with E-state index in [-0.39, 0.29) is 21.4 Å². The van der Waals surface area contributed by atoms with E-state index in [1.54, 1.807) is 14.1 Å². The molecule has 7 heteroatoms. The number of likely N-dealkylation sites (N-methyl/N-ethyl adjacent to an activating group) is 4. The Kier molecular flexibility index (Phi) is 23.8. The van der Waals surface area contributed by atoms with Crippen LogP contribution in [0.15, 0.2) is 60.7 Å². The van der Waals surface area contributed by atoms with Crippen molar-refractivity contribution in [3.63, 3.8) is 0 Å². The number of carbonyl (C=O) groups is 2. The molecule has 302 valence electrons. The summed E-state index contributed by atoms with van der Waals surface area (Å²) in [6.45, 7) is 17.3. The van der Waals surface area contributed by atoms with Gasteiger partial charge in [-0.1, -0.05) is 140 Å². The number of hydrogen-bond donors (Lipinski definition) is 1. The highest BCUT2D eigenvalue weighted by Gasteiger charge is 2.36. The van der Waals surface area contributed by atoms with Crippen molar-refractivity contribution in [2.45, 2.75) is 142 Å². The average molecular weight is 738 g/mol. The maximum absolute atomic E-state index is 13.2. The quantitative estimate of drug-likeness (QED) is 0.0776. The molecule has 0 aromatic heterocycles. The Bertz CT molecular complexity index is 1210. The first-order valence-corrected chi connectivity index (χ1v) is 21.3. The highest BCUT2D eigenvalue weighted by Crippen LogP contribution is 2.40. The van der Waals surface area contributed by atoms with Gasteiger partial charge in [-0.15, -0.1) is 0 Å². The molecule has 0 radical (unpaired) electrons. The summed E-state index contributed by atoms with van der Waals surface area (Å²) in [5.74, 6) is 0.506. The van der Waals surface area contributed by atoms with Crippen LogP contribution in [0.1, 0.15) is 143 Å². The van der Waals surface area contributed by atoms with Crippen LogP contribution in [0.3, 0.4) is 0 Å². The molecule has 2 aromatic carbocycles. The molecule has 0 spiro atoms. The third-order valence-electron chi connectivity index (χ3n) is 11.0. The second kappa shape index (κ2) is 26.1. The van der Waals surface area contributed by atoms with Crippen molar-refractivity contribution >= 4 is 11.8 Å². The number of rotatable bonds is 26. The lowest BCUT2D eigenvalue weighted by molar-refractivity contribution is -0.857. The van der Waals surface area contributed by atoms with Gasteiger partial charge in [-0.25, -0.2) is 0 Å². The van der Waals surface area contributed by atoms with Crippen LogP contribution in [-0.2, 0) is 20.4 Å². The fourth-order valence-corrected chi connectivity index (χ4v) is 7.47. The van der Waals surface area contributed by atoms with Crippen LogP contribution in [0.2, 0.25) is 0 Å². The van der Waals surface area contributed by atoms with Crippen LogP contribution in [0.25, 0.3) is 0 Å². The Morgan fingerprint density at radius 3 is 1.23 bits per heavy atom. The number of carbonyl (C=O) groups excluding carboxylic acids is 2. The monoisotopic (exact) mass is 738 g/mol. The number of hydroxylamine groups is 3. The zero-order valence-corrected chi connectivity index (χ0v) is 36.0. The molecule has 53 heavy (non-hydrogen) atoms. The highest BCUT2D eigenvalue weighted by molar-refractivity contribution is 5.78. The van der Waals surface area contributed by atoms with Crippen LogP contribution in [0, 0.1) is 5.21 Å². The third kappa shape index (κ3) is 18.0. The molecule has 7 nitrogen and oxygen atoms in total. The number of hydrogen-bond acceptors (Lipinski definition) is 3. The molecule has 0 heterocycles. The van der Waals surface area contributed by atoms with Crippen LogP contribution in [0.5, 0.6) is 0 Å². The fraction of sp³-hybridized carbons (Fsp3) is 0.696. The average Bonchev–Trinajstić information content (AvgIpc) is 3.14. The smallest absolute Gasteiger partial charge is 0.223 e. The summed E-state index contributed by atoms with van der Waals surface area (Å²) in [5, 5.41) is 11.9. The first-order valence-electron chi connectivity index (χ1n) is 21.3. The standard InChI is InChI=1S/C23H40N2O2.C23H40N2O/c1-6-9-16-23(17-10-7-2,21-14-12-11-13-15-21)20-22(26)24(8-3)18-19-25(4,5)27;1-6-9-16-23(17-10-7-2,21-14-12-11-13-15-21)20-22(26)25(8-3)19-18-24(4)5/h11-15H,6-10,16-20H2,1-5H3;11-15H,6-10,16-20H2,1-5H3/p+1. The lowest BCUT2D eigenvalue weighted by Gasteiger charge is -2.38. The van der Waals surface area contributed by atoms with E-state index in [1.807, 2.05) is 17.9 Å². The topological polar surface area (TPSA) is 68.1 Å². The zero-order valence-electron chi connectivity index (χ0n) is 36.0. The van der Waals surface area contributed by atoms with Gasteiger partial charge in [0.05, 0.1) is 54.4 Å². The number of unbranched alkanes of at least 4 members (excludes halogenated alkanes) is 4. The summed E-state index contributed by atoms with van der Waals surface area (Å²) in [7, 11) is 7.56. The second-order valence-corrected chi connectivity index (χ2v) is 16.3. The van der Waals surface area contributed by atoms with Crippen LogP contribution in [-0.4, -0.2) is 93.7 Å². The summed E-state index contributed by atoms with van der Waals surface area (Å²) in [4.78, 5) is 31.8. The summed E-state index contributed by atoms with van der Waals surface area (Å²) < 4.78 is -0.362. The van der Waals surface area contributed by atoms with Gasteiger partial charge in [0.25, 0.3) is 0 Å². The van der Waals surface area contributed by atoms with Crippen molar-refractivity contribution in [1.82, 2.24) is 9.80 Å². The van der Waals surface area contributed by atoms with E-state index in [9.17, 15) is 14.8 Å². The molecule has 0 bridgehead atoms. The van der Waals surface area contributed by atoms with Gasteiger partial charge in [-0.2, -0.15) is 0 Å². The van der Waals surface area contributed by atoms with Gasteiger partial charge in [0, 0.05) is 36.8 Å². The molecule has 2 amide bonds. The summed E-state index contributed by atoms with van der Waals surface area (Å²) in [6, 6.07) is 21.4. The molecule has 0 aliphatic carbocycles. The number of nitrogens with one attached hydrogen (secondary N) is 1. The number of quaternary nitrogens is 2. The molecule has 0 atom stereocenters. The predicted octanol–water partition coefficient (Wildman–Crippen LogP) is 8.81. The normalized spacial score (nSPS) is 12.0. The minimum absolute atomic E-state index is 0.0112. The molecule has 0 aliphatic heterocycles. The van der Waals surface area contributed by atoms with E-state index >= 15 is 0 Å². The van der Waals surface area contributed by atoms with Crippen LogP contribution >= 0.6 is 0 Å². The van der Waals surface area contributed by atoms with E-state index in [1.165, 1.54) is 41.7 Å². The molecule has 0 fully saturated rings. The first kappa shape index (κ1) is 48.3. The lowest BCUT2D eigenvalue weighted by atomic mass is 9.70. The van der Waals surface area contributed by atoms with Gasteiger partial charge in [0.2, 0.25) is 11.8 Å². The van der Waals surface area contributed by atoms with E-state index in [0.717, 1.165) is 71.0 Å². The number of nitrogens with zero attached hydrogens (tertiary/aromatic N) is 3. The highest BCUT2D eigenvalue weighted by atomic mass is 16.5. The lowest BCUT2D eigenvalue weighted by Crippen LogP contribution is -3.06. The van der Waals surface area contributed by atoms with E-state index in [4.69, 9.17) is 0 Å². The maximum Gasteiger partial charge on any atom is 0.223 e. The van der Waals surface area contributed by atoms with E-state index in [2.05, 4.69) is 108 Å². The maximum atomic E-state index is 13.2. The van der Waals surface area contributed by atoms with Crippen molar-refractivity contribution in [2.75, 3.05) is 67.5 Å². The van der Waals surface area contributed by atoms with Gasteiger partial charge >= 0.3 is 0 Å². The van der Waals surface area contributed by atoms with Crippen molar-refractivity contribution in [3.05, 3.63) is 77.0 Å². The minimum atomic E-state index is -0.362. The minimum Gasteiger partial charge on any atom is -0.633 e. The molecule has 1 N–H and O–H groups in total. The van der Waals surface area contributed by atoms with Crippen LogP contribution < -0.4 is 4.90 Å². The van der Waals surface area contributed by atoms with Crippen LogP contribution in [0.4, 0.5) is 0 Å². The largest absolute Gasteiger partial charge is 0.633 e. The Hall–Kier alpha value is -2.74. The zero-order chi connectivity index (χ0) is 39.8. The Morgan fingerprint density at radius 1 is 0.604 bits per heavy atom. The van der Waals surface area contributed by atoms with E-state index < -0.39 is 0 Å². The first-order chi connectivity index (χ1) is 25.3. The molecule has 0 aliphatic rings. The number of benzene rings is 2. The molecular weight excluding hydrogens is 657 g/mol. The molecular formula is C46H81N4O3+. The summed E-state index contributed by atoms with van der Waals surface area (Å²) in [6.07, 6.45) is 14.7. The Morgan fingerprint density at radius 2 is 0.943 bits per heavy atom. The van der Waals surface area contributed by atoms with E-state index in [0.29, 0.717) is 38.4 Å². The molecule has 2 rings (SSSR count). The Balaban J connectivity index is 0.000000530. The fourth-order valence-electron chi connectivity index (χ4n) is 7.47. The molecule has 2 aromatic rings.